The van der Waals surface area contributed by atoms with E-state index in [0.29, 0.717) is 13.0 Å². The molecular weight excluding hydrogens is 316 g/mol. The van der Waals surface area contributed by atoms with Gasteiger partial charge in [-0.3, -0.25) is 0 Å². The van der Waals surface area contributed by atoms with Gasteiger partial charge in [0.05, 0.1) is 19.3 Å². The predicted octanol–water partition coefficient (Wildman–Crippen LogP) is 3.24. The molecule has 4 heteroatoms. The monoisotopic (exact) mass is 348 g/mol. The molecule has 1 aliphatic heterocycles. The van der Waals surface area contributed by atoms with Crippen molar-refractivity contribution < 1.29 is 19.7 Å². The van der Waals surface area contributed by atoms with Gasteiger partial charge in [-0.15, -0.1) is 0 Å². The Bertz CT molecular complexity index is 595. The van der Waals surface area contributed by atoms with Crippen LogP contribution in [-0.2, 0) is 9.53 Å². The Balaban J connectivity index is 1.89. The highest BCUT2D eigenvalue weighted by atomic mass is 16.5. The third-order valence-electron chi connectivity index (χ3n) is 7.50. The molecule has 1 heterocycles. The zero-order valence-electron chi connectivity index (χ0n) is 15.8. The van der Waals surface area contributed by atoms with Crippen LogP contribution < -0.4 is 0 Å². The van der Waals surface area contributed by atoms with E-state index in [0.717, 1.165) is 31.3 Å². The molecule has 2 aliphatic carbocycles. The van der Waals surface area contributed by atoms with E-state index in [2.05, 4.69) is 19.6 Å². The van der Waals surface area contributed by atoms with Crippen molar-refractivity contribution in [1.29, 1.82) is 0 Å². The number of aliphatic hydroxyl groups is 2. The summed E-state index contributed by atoms with van der Waals surface area (Å²) in [4.78, 5) is 11.9. The fourth-order valence-corrected chi connectivity index (χ4v) is 5.74. The zero-order chi connectivity index (χ0) is 18.4. The molecule has 0 bridgehead atoms. The van der Waals surface area contributed by atoms with Crippen LogP contribution in [0.2, 0.25) is 0 Å². The second kappa shape index (κ2) is 6.55. The number of rotatable bonds is 3. The first-order chi connectivity index (χ1) is 11.7. The van der Waals surface area contributed by atoms with E-state index >= 15 is 0 Å². The van der Waals surface area contributed by atoms with Crippen molar-refractivity contribution in [3.8, 4) is 0 Å². The highest BCUT2D eigenvalue weighted by Gasteiger charge is 2.57. The standard InChI is InChI=1S/C21H32O4/c1-13-5-8-17-20(3,10-9-18(23)21(17,4)12-22)16(13)7-6-15-14(2)11-25-19(15)24/h6,14,16-18,22-23H,1,5,7-12H2,2-4H3/b15-6+/t14-,16-,17?,18-,20+,21+/m1/s1. The molecule has 0 spiro atoms. The number of carbonyl (C=O) groups is 1. The van der Waals surface area contributed by atoms with E-state index in [4.69, 9.17) is 4.74 Å². The molecule has 3 aliphatic rings. The smallest absolute Gasteiger partial charge is 0.334 e. The Labute approximate surface area is 151 Å². The minimum Gasteiger partial charge on any atom is -0.462 e. The molecule has 2 saturated carbocycles. The maximum absolute atomic E-state index is 11.9. The van der Waals surface area contributed by atoms with Gasteiger partial charge >= 0.3 is 5.97 Å². The summed E-state index contributed by atoms with van der Waals surface area (Å²) in [5, 5.41) is 20.6. The third-order valence-corrected chi connectivity index (χ3v) is 7.50. The number of carbonyl (C=O) groups excluding carboxylic acids is 1. The lowest BCUT2D eigenvalue weighted by Crippen LogP contribution is -2.57. The van der Waals surface area contributed by atoms with Crippen molar-refractivity contribution in [2.24, 2.45) is 28.6 Å². The van der Waals surface area contributed by atoms with Crippen LogP contribution in [0.4, 0.5) is 0 Å². The van der Waals surface area contributed by atoms with Crippen LogP contribution in [0, 0.1) is 28.6 Å². The third kappa shape index (κ3) is 2.87. The molecule has 2 N–H and O–H groups in total. The van der Waals surface area contributed by atoms with Gasteiger partial charge < -0.3 is 14.9 Å². The lowest BCUT2D eigenvalue weighted by Gasteiger charge is -2.59. The van der Waals surface area contributed by atoms with Crippen molar-refractivity contribution >= 4 is 5.97 Å². The van der Waals surface area contributed by atoms with Crippen LogP contribution in [0.1, 0.15) is 52.9 Å². The Kier molecular flexibility index (Phi) is 4.89. The molecule has 0 amide bonds. The van der Waals surface area contributed by atoms with Gasteiger partial charge in [-0.1, -0.05) is 39.0 Å². The number of esters is 1. The molecule has 140 valence electrons. The number of fused-ring (bicyclic) bond motifs is 1. The summed E-state index contributed by atoms with van der Waals surface area (Å²) in [7, 11) is 0. The van der Waals surface area contributed by atoms with Gasteiger partial charge in [-0.25, -0.2) is 4.79 Å². The average molecular weight is 348 g/mol. The molecule has 3 fully saturated rings. The van der Waals surface area contributed by atoms with E-state index in [9.17, 15) is 15.0 Å². The lowest BCUT2D eigenvalue weighted by atomic mass is 9.46. The van der Waals surface area contributed by atoms with E-state index in [1.165, 1.54) is 5.57 Å². The van der Waals surface area contributed by atoms with Crippen LogP contribution in [0.25, 0.3) is 0 Å². The number of allylic oxidation sites excluding steroid dienone is 2. The first-order valence-corrected chi connectivity index (χ1v) is 9.57. The molecule has 1 saturated heterocycles. The number of aliphatic hydroxyl groups excluding tert-OH is 2. The molecule has 6 atom stereocenters. The van der Waals surface area contributed by atoms with Gasteiger partial charge in [-0.2, -0.15) is 0 Å². The molecule has 1 unspecified atom stereocenters. The van der Waals surface area contributed by atoms with Gasteiger partial charge in [-0.05, 0) is 49.4 Å². The molecule has 3 rings (SSSR count). The number of ether oxygens (including phenoxy) is 1. The Morgan fingerprint density at radius 2 is 2.08 bits per heavy atom. The number of cyclic esters (lactones) is 1. The van der Waals surface area contributed by atoms with E-state index in [-0.39, 0.29) is 35.7 Å². The van der Waals surface area contributed by atoms with Gasteiger partial charge in [0.25, 0.3) is 0 Å². The second-order valence-corrected chi connectivity index (χ2v) is 8.92. The van der Waals surface area contributed by atoms with Crippen LogP contribution in [0.5, 0.6) is 0 Å². The van der Waals surface area contributed by atoms with Gasteiger partial charge in [0.2, 0.25) is 0 Å². The molecule has 0 aromatic heterocycles. The fraction of sp³-hybridized carbons (Fsp3) is 0.762. The average Bonchev–Trinajstić information content (AvgIpc) is 2.89. The van der Waals surface area contributed by atoms with Crippen LogP contribution in [0.3, 0.4) is 0 Å². The van der Waals surface area contributed by atoms with Gasteiger partial charge in [0.1, 0.15) is 0 Å². The van der Waals surface area contributed by atoms with Crippen molar-refractivity contribution in [3.05, 3.63) is 23.8 Å². The van der Waals surface area contributed by atoms with Crippen molar-refractivity contribution in [2.75, 3.05) is 13.2 Å². The minimum atomic E-state index is -0.460. The highest BCUT2D eigenvalue weighted by molar-refractivity contribution is 5.90. The Hall–Kier alpha value is -1.13. The largest absolute Gasteiger partial charge is 0.462 e. The summed E-state index contributed by atoms with van der Waals surface area (Å²) in [5.41, 5.74) is 1.57. The second-order valence-electron chi connectivity index (χ2n) is 8.92. The lowest BCUT2D eigenvalue weighted by molar-refractivity contribution is -0.151. The van der Waals surface area contributed by atoms with Gasteiger partial charge in [0.15, 0.2) is 0 Å². The summed E-state index contributed by atoms with van der Waals surface area (Å²) in [5.74, 6) is 0.507. The molecule has 0 radical (unpaired) electrons. The molecule has 0 aromatic carbocycles. The van der Waals surface area contributed by atoms with Crippen molar-refractivity contribution in [3.63, 3.8) is 0 Å². The number of hydrogen-bond acceptors (Lipinski definition) is 4. The van der Waals surface area contributed by atoms with Crippen LogP contribution in [0.15, 0.2) is 23.8 Å². The topological polar surface area (TPSA) is 66.8 Å². The maximum atomic E-state index is 11.9. The minimum absolute atomic E-state index is 0.00511. The fourth-order valence-electron chi connectivity index (χ4n) is 5.74. The van der Waals surface area contributed by atoms with Crippen molar-refractivity contribution in [2.45, 2.75) is 59.0 Å². The Morgan fingerprint density at radius 3 is 2.68 bits per heavy atom. The molecule has 25 heavy (non-hydrogen) atoms. The SMILES string of the molecule is C=C1CCC2[C@](C)(CO)[C@H](O)CC[C@@]2(C)[C@@H]1C/C=C1/C(=O)OC[C@H]1C. The predicted molar refractivity (Wildman–Crippen MR) is 96.7 cm³/mol. The summed E-state index contributed by atoms with van der Waals surface area (Å²) >= 11 is 0. The van der Waals surface area contributed by atoms with Crippen LogP contribution >= 0.6 is 0 Å². The highest BCUT2D eigenvalue weighted by Crippen LogP contribution is 2.61. The summed E-state index contributed by atoms with van der Waals surface area (Å²) in [6, 6.07) is 0. The summed E-state index contributed by atoms with van der Waals surface area (Å²) in [6.07, 6.45) is 5.93. The quantitative estimate of drug-likeness (QED) is 0.467. The summed E-state index contributed by atoms with van der Waals surface area (Å²) in [6.45, 7) is 11.2. The summed E-state index contributed by atoms with van der Waals surface area (Å²) < 4.78 is 5.15. The van der Waals surface area contributed by atoms with Crippen molar-refractivity contribution in [1.82, 2.24) is 0 Å². The van der Waals surface area contributed by atoms with E-state index in [1.54, 1.807) is 0 Å². The first-order valence-electron chi connectivity index (χ1n) is 9.57. The normalized spacial score (nSPS) is 46.2. The zero-order valence-corrected chi connectivity index (χ0v) is 15.8. The van der Waals surface area contributed by atoms with E-state index < -0.39 is 11.5 Å². The number of hydrogen-bond donors (Lipinski definition) is 2. The molecule has 4 nitrogen and oxygen atoms in total. The molecule has 0 aromatic rings. The van der Waals surface area contributed by atoms with Gasteiger partial charge in [0, 0.05) is 16.9 Å². The maximum Gasteiger partial charge on any atom is 0.334 e. The molecular formula is C21H32O4. The van der Waals surface area contributed by atoms with Crippen LogP contribution in [-0.4, -0.2) is 35.5 Å². The Morgan fingerprint density at radius 1 is 1.36 bits per heavy atom. The first kappa shape index (κ1) is 18.7. The van der Waals surface area contributed by atoms with E-state index in [1.807, 2.05) is 13.8 Å².